The van der Waals surface area contributed by atoms with Crippen LogP contribution in [0.25, 0.3) is 129 Å². The van der Waals surface area contributed by atoms with Gasteiger partial charge in [0.2, 0.25) is 0 Å². The van der Waals surface area contributed by atoms with Gasteiger partial charge in [0.05, 0.1) is 33.1 Å². The maximum atomic E-state index is 6.77. The Morgan fingerprint density at radius 1 is 0.391 bits per heavy atom. The third kappa shape index (κ3) is 5.42. The predicted octanol–water partition coefficient (Wildman–Crippen LogP) is 15.8. The lowest BCUT2D eigenvalue weighted by Crippen LogP contribution is -2.77. The molecule has 0 amide bonds. The Morgan fingerprint density at radius 3 is 1.41 bits per heavy atom. The van der Waals surface area contributed by atoms with Crippen molar-refractivity contribution < 1.29 is 28.1 Å². The van der Waals surface area contributed by atoms with E-state index in [0.29, 0.717) is 0 Å². The molecule has 0 fully saturated rings. The molecule has 12 nitrogen and oxygen atoms in total. The minimum Gasteiger partial charge on any atom is -0.456 e. The van der Waals surface area contributed by atoms with Crippen LogP contribution in [0.2, 0.25) is 0 Å². The van der Waals surface area contributed by atoms with Crippen LogP contribution >= 0.6 is 22.7 Å². The lowest BCUT2D eigenvalue weighted by atomic mass is 9.84. The zero-order chi connectivity index (χ0) is 59.8. The number of ether oxygens (including phenoxy) is 2. The van der Waals surface area contributed by atoms with Crippen LogP contribution in [0.3, 0.4) is 0 Å². The summed E-state index contributed by atoms with van der Waals surface area (Å²) in [5.74, 6) is 3.44. The number of rotatable bonds is 2. The van der Waals surface area contributed by atoms with Crippen molar-refractivity contribution in [3.05, 3.63) is 277 Å². The molecule has 0 aliphatic carbocycles. The highest BCUT2D eigenvalue weighted by atomic mass is 32.1. The van der Waals surface area contributed by atoms with E-state index in [1.54, 1.807) is 0 Å². The van der Waals surface area contributed by atoms with Crippen LogP contribution in [0.1, 0.15) is 33.6 Å². The van der Waals surface area contributed by atoms with Crippen LogP contribution in [-0.4, -0.2) is 28.8 Å². The minimum absolute atomic E-state index is 0.742. The minimum atomic E-state index is -0.790. The molecule has 2 atom stereocenters. The number of thiophene rings is 2. The second-order valence-electron chi connectivity index (χ2n) is 25.0. The van der Waals surface area contributed by atoms with E-state index in [1.807, 2.05) is 22.7 Å². The summed E-state index contributed by atoms with van der Waals surface area (Å²) in [4.78, 5) is 4.35. The predicted molar refractivity (Wildman–Crippen MR) is 359 cm³/mol. The van der Waals surface area contributed by atoms with Gasteiger partial charge in [0.1, 0.15) is 67.9 Å². The first-order chi connectivity index (χ1) is 45.5. The lowest BCUT2D eigenvalue weighted by Gasteiger charge is -2.35. The molecule has 14 heterocycles. The number of nitrogens with zero attached hydrogens (tertiary/aromatic N) is 10. The van der Waals surface area contributed by atoms with Gasteiger partial charge in [-0.2, -0.15) is 18.3 Å². The van der Waals surface area contributed by atoms with Gasteiger partial charge in [0.25, 0.3) is 11.3 Å². The molecule has 0 saturated carbocycles. The highest BCUT2D eigenvalue weighted by Gasteiger charge is 2.71. The number of fused-ring (bicyclic) bond motifs is 18. The van der Waals surface area contributed by atoms with Gasteiger partial charge in [-0.15, -0.1) is 22.7 Å². The molecule has 6 aliphatic rings. The van der Waals surface area contributed by atoms with Gasteiger partial charge in [-0.3, -0.25) is 0 Å². The summed E-state index contributed by atoms with van der Waals surface area (Å²) < 4.78 is 33.2. The zero-order valence-electron chi connectivity index (χ0n) is 49.2. The average Bonchev–Trinajstić information content (AvgIpc) is 1.45. The molecule has 2 spiro atoms. The van der Waals surface area contributed by atoms with Crippen molar-refractivity contribution in [1.29, 1.82) is 0 Å². The van der Waals surface area contributed by atoms with E-state index in [1.165, 1.54) is 72.9 Å². The summed E-state index contributed by atoms with van der Waals surface area (Å²) >= 11 is 3.69. The molecule has 2 unspecified atom stereocenters. The number of hydrogen-bond acceptors (Lipinski definition) is 6. The normalized spacial score (nSPS) is 16.6. The van der Waals surface area contributed by atoms with Gasteiger partial charge in [0.15, 0.2) is 28.2 Å². The number of benzene rings is 10. The Bertz CT molecular complexity index is 6420. The van der Waals surface area contributed by atoms with Crippen molar-refractivity contribution in [3.63, 3.8) is 0 Å². The largest absolute Gasteiger partial charge is 0.456 e. The molecule has 0 saturated heterocycles. The Morgan fingerprint density at radius 2 is 0.837 bits per heavy atom. The molecular formula is C78H46N10O2S2+4. The highest BCUT2D eigenvalue weighted by molar-refractivity contribution is 7.26. The van der Waals surface area contributed by atoms with E-state index >= 15 is 0 Å². The van der Waals surface area contributed by atoms with E-state index in [0.717, 1.165) is 113 Å². The molecule has 0 radical (unpaired) electrons. The molecule has 10 aromatic carbocycles. The van der Waals surface area contributed by atoms with Crippen molar-refractivity contribution in [2.24, 2.45) is 0 Å². The molecule has 14 heteroatoms. The standard InChI is InChI=1S/2C39H23N5OS/c1-22-37(23-18-19-34-27(21-23)25-10-3-5-17-33(25)46-34)40-44-30-14-7-16-32-36(30)39(43(22)44)35-29(13-6-15-31(35)45-32)42-28-12-4-2-9-24(28)26-11-8-20-41(39)38(26)42;1-22-37(23-18-19-34-27(21-23)25-10-3-5-17-33(25)46-34)40-44-39-35-29(13-6-15-31(35)45-32-16-7-14-30(36(32)39)43(22)44)42-28-12-4-2-9-24(28)26-11-8-20-41(39)38(26)42/h2*2-21H,1H3/q2*+2. The highest BCUT2D eigenvalue weighted by Crippen LogP contribution is 2.57. The summed E-state index contributed by atoms with van der Waals surface area (Å²) in [5.41, 5.74) is 18.3. The van der Waals surface area contributed by atoms with E-state index < -0.39 is 11.3 Å². The second kappa shape index (κ2) is 16.4. The van der Waals surface area contributed by atoms with E-state index in [2.05, 4.69) is 294 Å². The van der Waals surface area contributed by atoms with Crippen molar-refractivity contribution >= 4 is 107 Å². The summed E-state index contributed by atoms with van der Waals surface area (Å²) in [6, 6.07) is 82.9. The number of hydrogen-bond donors (Lipinski definition) is 0. The monoisotopic (exact) mass is 1220 g/mol. The molecule has 0 N–H and O–H groups in total. The number of pyridine rings is 2. The quantitative estimate of drug-likeness (QED) is 0.162. The summed E-state index contributed by atoms with van der Waals surface area (Å²) in [7, 11) is 0. The Labute approximate surface area is 530 Å². The van der Waals surface area contributed by atoms with Crippen LogP contribution in [0.5, 0.6) is 23.0 Å². The first kappa shape index (κ1) is 48.4. The molecule has 24 rings (SSSR count). The van der Waals surface area contributed by atoms with Crippen LogP contribution in [0.4, 0.5) is 0 Å². The van der Waals surface area contributed by atoms with Crippen LogP contribution in [0.15, 0.2) is 243 Å². The van der Waals surface area contributed by atoms with Crippen molar-refractivity contribution in [3.8, 4) is 68.3 Å². The maximum absolute atomic E-state index is 6.77. The third-order valence-corrected chi connectivity index (χ3v) is 23.0. The summed E-state index contributed by atoms with van der Waals surface area (Å²) in [5, 5.41) is 21.1. The molecule has 18 aromatic rings. The maximum Gasteiger partial charge on any atom is 0.423 e. The van der Waals surface area contributed by atoms with Crippen LogP contribution in [0, 0.1) is 13.8 Å². The number of para-hydroxylation sites is 2. The fourth-order valence-corrected chi connectivity index (χ4v) is 19.4. The second-order valence-corrected chi connectivity index (χ2v) is 27.1. The molecular weight excluding hydrogens is 1170 g/mol. The topological polar surface area (TPSA) is 79.5 Å². The summed E-state index contributed by atoms with van der Waals surface area (Å²) in [6.07, 6.45) is 4.46. The van der Waals surface area contributed by atoms with Crippen molar-refractivity contribution in [2.75, 3.05) is 0 Å². The first-order valence-electron chi connectivity index (χ1n) is 31.1. The van der Waals surface area contributed by atoms with Crippen LogP contribution < -0.4 is 28.1 Å². The average molecular weight is 1220 g/mol. The van der Waals surface area contributed by atoms with Crippen molar-refractivity contribution in [2.45, 2.75) is 25.2 Å². The Balaban J connectivity index is 0.000000118. The van der Waals surface area contributed by atoms with Gasteiger partial charge in [-0.1, -0.05) is 100 Å². The molecule has 428 valence electrons. The fraction of sp³-hybridized carbons (Fsp3) is 0.0513. The van der Waals surface area contributed by atoms with Crippen molar-refractivity contribution in [1.82, 2.24) is 28.8 Å². The van der Waals surface area contributed by atoms with Crippen LogP contribution in [-0.2, 0) is 11.3 Å². The summed E-state index contributed by atoms with van der Waals surface area (Å²) in [6.45, 7) is 4.42. The van der Waals surface area contributed by atoms with E-state index in [-0.39, 0.29) is 0 Å². The molecule has 92 heavy (non-hydrogen) atoms. The smallest absolute Gasteiger partial charge is 0.423 e. The SMILES string of the molecule is Cc1c(-c2ccc3sc4ccccc4c3c2)n[n+]2n1-c1cccc3c1C21c2c(cccc2-n2c4ccccc4c4ccc[n+]1c42)O3.Cc1c(-c2ccc3sc4ccccc4c3c2)nn2[n+]1C13c4c(cccc4-n4c5ccccc5c5ccc[n+]1c54)Oc1cccc-2c13. The fourth-order valence-electron chi connectivity index (χ4n) is 17.3. The first-order valence-corrected chi connectivity index (χ1v) is 32.8. The van der Waals surface area contributed by atoms with E-state index in [9.17, 15) is 0 Å². The number of aromatic nitrogens is 10. The third-order valence-electron chi connectivity index (χ3n) is 20.7. The van der Waals surface area contributed by atoms with Gasteiger partial charge in [-0.05, 0) is 151 Å². The van der Waals surface area contributed by atoms with E-state index in [4.69, 9.17) is 19.7 Å². The lowest BCUT2D eigenvalue weighted by molar-refractivity contribution is -1.01. The Hall–Kier alpha value is -11.6. The molecule has 8 aromatic heterocycles. The van der Waals surface area contributed by atoms with Gasteiger partial charge in [-0.25, -0.2) is 0 Å². The van der Waals surface area contributed by atoms with Gasteiger partial charge < -0.3 is 9.47 Å². The molecule has 0 bridgehead atoms. The molecule has 6 aliphatic heterocycles. The van der Waals surface area contributed by atoms with Gasteiger partial charge in [0, 0.05) is 74.3 Å². The Kier molecular flexibility index (Phi) is 8.64. The zero-order valence-corrected chi connectivity index (χ0v) is 50.8. The van der Waals surface area contributed by atoms with Gasteiger partial charge >= 0.3 is 17.0 Å².